The van der Waals surface area contributed by atoms with Gasteiger partial charge in [-0.05, 0) is 23.5 Å². The number of fused-ring (bicyclic) bond motifs is 2. The summed E-state index contributed by atoms with van der Waals surface area (Å²) in [7, 11) is 4.80. The minimum absolute atomic E-state index is 0. The first-order valence-corrected chi connectivity index (χ1v) is 9.67. The quantitative estimate of drug-likeness (QED) is 0.746. The molecule has 2 aromatic carbocycles. The summed E-state index contributed by atoms with van der Waals surface area (Å²) in [5.41, 5.74) is 1.15. The van der Waals surface area contributed by atoms with Crippen molar-refractivity contribution in [3.63, 3.8) is 0 Å². The average Bonchev–Trinajstić information content (AvgIpc) is 2.80. The maximum Gasteiger partial charge on any atom is 0.115 e. The third kappa shape index (κ3) is 3.37. The molecule has 3 atom stereocenters. The van der Waals surface area contributed by atoms with E-state index in [0.29, 0.717) is 5.92 Å². The highest BCUT2D eigenvalue weighted by molar-refractivity contribution is 5.36. The lowest BCUT2D eigenvalue weighted by Gasteiger charge is -2.46. The van der Waals surface area contributed by atoms with Crippen LogP contribution in [0.25, 0.3) is 0 Å². The maximum atomic E-state index is 11.8. The van der Waals surface area contributed by atoms with Crippen LogP contribution < -0.4 is 17.0 Å². The number of rotatable bonds is 4. The Hall–Kier alpha value is -1.16. The van der Waals surface area contributed by atoms with Crippen LogP contribution in [0.5, 0.6) is 0 Å². The van der Waals surface area contributed by atoms with Gasteiger partial charge in [-0.15, -0.1) is 0 Å². The van der Waals surface area contributed by atoms with Crippen LogP contribution in [-0.4, -0.2) is 35.8 Å². The van der Waals surface area contributed by atoms with Gasteiger partial charge in [0.1, 0.15) is 5.60 Å². The molecule has 2 heterocycles. The Labute approximate surface area is 168 Å². The minimum atomic E-state index is -0.888. The van der Waals surface area contributed by atoms with Gasteiger partial charge < -0.3 is 26.6 Å². The van der Waals surface area contributed by atoms with Crippen molar-refractivity contribution in [1.29, 1.82) is 0 Å². The maximum absolute atomic E-state index is 11.8. The molecule has 0 saturated carbocycles. The molecule has 0 unspecified atom stereocenters. The van der Waals surface area contributed by atoms with Gasteiger partial charge in [-0.2, -0.15) is 0 Å². The van der Waals surface area contributed by atoms with Gasteiger partial charge in [0.2, 0.25) is 0 Å². The largest absolute Gasteiger partial charge is 1.00 e. The number of aliphatic hydroxyl groups is 1. The molecule has 2 fully saturated rings. The summed E-state index contributed by atoms with van der Waals surface area (Å²) in [6.07, 6.45) is 6.01. The Bertz CT molecular complexity index is 660. The summed E-state index contributed by atoms with van der Waals surface area (Å²) in [4.78, 5) is 0. The molecule has 0 radical (unpaired) electrons. The molecule has 0 amide bonds. The van der Waals surface area contributed by atoms with Crippen LogP contribution in [0, 0.1) is 5.92 Å². The molecule has 0 spiro atoms. The first kappa shape index (κ1) is 19.6. The SMILES string of the molecule is C[N+]1(C)[C@@H]2CC[C@H]1C[C@@H](CC(O)(c1ccccc1)c1ccccc1)C2.[Br-]. The van der Waals surface area contributed by atoms with E-state index in [0.717, 1.165) is 29.6 Å². The summed E-state index contributed by atoms with van der Waals surface area (Å²) in [6.45, 7) is 0. The number of hydrogen-bond acceptors (Lipinski definition) is 1. The summed E-state index contributed by atoms with van der Waals surface area (Å²) >= 11 is 0. The minimum Gasteiger partial charge on any atom is -1.00 e. The van der Waals surface area contributed by atoms with Crippen molar-refractivity contribution in [2.45, 2.75) is 49.8 Å². The van der Waals surface area contributed by atoms with Gasteiger partial charge >= 0.3 is 0 Å². The molecule has 2 nitrogen and oxygen atoms in total. The zero-order valence-electron chi connectivity index (χ0n) is 15.8. The third-order valence-electron chi connectivity index (χ3n) is 7.01. The molecule has 0 aromatic heterocycles. The summed E-state index contributed by atoms with van der Waals surface area (Å²) in [5, 5.41) is 11.8. The predicted molar refractivity (Wildman–Crippen MR) is 102 cm³/mol. The van der Waals surface area contributed by atoms with E-state index in [-0.39, 0.29) is 17.0 Å². The van der Waals surface area contributed by atoms with E-state index in [1.165, 1.54) is 30.2 Å². The van der Waals surface area contributed by atoms with Gasteiger partial charge in [-0.3, -0.25) is 0 Å². The lowest BCUT2D eigenvalue weighted by molar-refractivity contribution is -0.931. The second-order valence-electron chi connectivity index (χ2n) is 8.65. The molecule has 1 N–H and O–H groups in total. The summed E-state index contributed by atoms with van der Waals surface area (Å²) < 4.78 is 1.19. The first-order valence-electron chi connectivity index (χ1n) is 9.67. The van der Waals surface area contributed by atoms with E-state index in [9.17, 15) is 5.11 Å². The smallest absolute Gasteiger partial charge is 0.115 e. The van der Waals surface area contributed by atoms with Gasteiger partial charge in [0.15, 0.2) is 0 Å². The number of nitrogens with zero attached hydrogens (tertiary/aromatic N) is 1. The lowest BCUT2D eigenvalue weighted by atomic mass is 9.75. The fourth-order valence-electron chi connectivity index (χ4n) is 5.41. The Balaban J connectivity index is 0.00000196. The number of quaternary nitrogens is 1. The van der Waals surface area contributed by atoms with Crippen LogP contribution in [-0.2, 0) is 5.60 Å². The second-order valence-corrected chi connectivity index (χ2v) is 8.65. The van der Waals surface area contributed by atoms with Crippen LogP contribution in [0.2, 0.25) is 0 Å². The van der Waals surface area contributed by atoms with Crippen molar-refractivity contribution in [2.75, 3.05) is 14.1 Å². The van der Waals surface area contributed by atoms with Crippen molar-refractivity contribution >= 4 is 0 Å². The molecule has 2 bridgehead atoms. The van der Waals surface area contributed by atoms with E-state index in [2.05, 4.69) is 38.4 Å². The van der Waals surface area contributed by atoms with Gasteiger partial charge in [0.05, 0.1) is 26.2 Å². The first-order chi connectivity index (χ1) is 12.0. The van der Waals surface area contributed by atoms with E-state index >= 15 is 0 Å². The molecule has 2 aliphatic heterocycles. The zero-order valence-corrected chi connectivity index (χ0v) is 17.4. The van der Waals surface area contributed by atoms with E-state index in [1.54, 1.807) is 0 Å². The number of benzene rings is 2. The van der Waals surface area contributed by atoms with Crippen molar-refractivity contribution < 1.29 is 26.6 Å². The molecular formula is C23H30BrNO. The van der Waals surface area contributed by atoms with Crippen molar-refractivity contribution in [3.05, 3.63) is 71.8 Å². The van der Waals surface area contributed by atoms with Gasteiger partial charge in [-0.1, -0.05) is 60.7 Å². The number of halogens is 1. The monoisotopic (exact) mass is 415 g/mol. The Kier molecular flexibility index (Phi) is 5.62. The van der Waals surface area contributed by atoms with Crippen molar-refractivity contribution in [2.24, 2.45) is 5.92 Å². The van der Waals surface area contributed by atoms with Crippen LogP contribution in [0.15, 0.2) is 60.7 Å². The predicted octanol–water partition coefficient (Wildman–Crippen LogP) is 1.33. The van der Waals surface area contributed by atoms with Crippen LogP contribution in [0.4, 0.5) is 0 Å². The molecular weight excluding hydrogens is 386 g/mol. The van der Waals surface area contributed by atoms with Crippen molar-refractivity contribution in [1.82, 2.24) is 0 Å². The fourth-order valence-corrected chi connectivity index (χ4v) is 5.41. The van der Waals surface area contributed by atoms with Gasteiger partial charge in [0, 0.05) is 25.7 Å². The molecule has 4 rings (SSSR count). The molecule has 0 aliphatic carbocycles. The van der Waals surface area contributed by atoms with Crippen molar-refractivity contribution in [3.8, 4) is 0 Å². The number of hydrogen-bond donors (Lipinski definition) is 1. The second kappa shape index (κ2) is 7.46. The van der Waals surface area contributed by atoms with Crippen LogP contribution in [0.1, 0.15) is 43.2 Å². The topological polar surface area (TPSA) is 20.2 Å². The van der Waals surface area contributed by atoms with E-state index < -0.39 is 5.60 Å². The molecule has 2 aliphatic rings. The van der Waals surface area contributed by atoms with E-state index in [1.807, 2.05) is 36.4 Å². The molecule has 3 heteroatoms. The highest BCUT2D eigenvalue weighted by Gasteiger charge is 2.50. The number of piperidine rings is 1. The highest BCUT2D eigenvalue weighted by Crippen LogP contribution is 2.47. The van der Waals surface area contributed by atoms with Gasteiger partial charge in [-0.25, -0.2) is 0 Å². The highest BCUT2D eigenvalue weighted by atomic mass is 79.9. The molecule has 26 heavy (non-hydrogen) atoms. The average molecular weight is 416 g/mol. The van der Waals surface area contributed by atoms with E-state index in [4.69, 9.17) is 0 Å². The summed E-state index contributed by atoms with van der Waals surface area (Å²) in [6, 6.07) is 22.0. The lowest BCUT2D eigenvalue weighted by Crippen LogP contribution is -3.00. The standard InChI is InChI=1S/C23H30NO.BrH/c1-24(2)21-13-14-22(24)16-18(15-21)17-23(25,19-9-5-3-6-10-19)20-11-7-4-8-12-20;/h3-12,18,21-22,25H,13-17H2,1-2H3;1H/q+1;/p-1/t18-,21+,22-;. The summed E-state index contributed by atoms with van der Waals surface area (Å²) in [5.74, 6) is 0.592. The molecule has 2 saturated heterocycles. The third-order valence-corrected chi connectivity index (χ3v) is 7.01. The Morgan fingerprint density at radius 1 is 0.846 bits per heavy atom. The Morgan fingerprint density at radius 2 is 1.27 bits per heavy atom. The van der Waals surface area contributed by atoms with Crippen LogP contribution >= 0.6 is 0 Å². The molecule has 140 valence electrons. The Morgan fingerprint density at radius 3 is 1.69 bits per heavy atom. The molecule has 2 aromatic rings. The zero-order chi connectivity index (χ0) is 17.5. The fraction of sp³-hybridized carbons (Fsp3) is 0.478. The van der Waals surface area contributed by atoms with Gasteiger partial charge in [0.25, 0.3) is 0 Å². The normalized spacial score (nSPS) is 27.0. The van der Waals surface area contributed by atoms with Crippen LogP contribution in [0.3, 0.4) is 0 Å².